The van der Waals surface area contributed by atoms with Gasteiger partial charge in [-0.2, -0.15) is 4.31 Å². The summed E-state index contributed by atoms with van der Waals surface area (Å²) < 4.78 is 26.2. The fourth-order valence-corrected chi connectivity index (χ4v) is 3.46. The van der Waals surface area contributed by atoms with Crippen LogP contribution in [0.4, 0.5) is 0 Å². The van der Waals surface area contributed by atoms with E-state index in [1.54, 1.807) is 6.92 Å². The Bertz CT molecular complexity index is 507. The molecule has 1 aromatic rings. The first-order valence-electron chi connectivity index (χ1n) is 4.79. The Morgan fingerprint density at radius 1 is 1.47 bits per heavy atom. The molecule has 0 aliphatic carbocycles. The van der Waals surface area contributed by atoms with Crippen molar-refractivity contribution in [3.63, 3.8) is 0 Å². The van der Waals surface area contributed by atoms with E-state index in [2.05, 4.69) is 15.9 Å². The van der Waals surface area contributed by atoms with E-state index < -0.39 is 10.0 Å². The average Bonchev–Trinajstić information content (AvgIpc) is 2.30. The minimum atomic E-state index is -3.53. The SMILES string of the molecule is CC(CCl)N(C)S(=O)(=O)c1ccc(Cl)c(Br)c1. The lowest BCUT2D eigenvalue weighted by Gasteiger charge is -2.22. The standard InChI is InChI=1S/C10H12BrCl2NO2S/c1-7(6-12)14(2)17(15,16)8-3-4-10(13)9(11)5-8/h3-5,7H,6H2,1-2H3. The van der Waals surface area contributed by atoms with E-state index >= 15 is 0 Å². The lowest BCUT2D eigenvalue weighted by molar-refractivity contribution is 0.413. The van der Waals surface area contributed by atoms with Crippen LogP contribution in [0.25, 0.3) is 0 Å². The molecule has 3 nitrogen and oxygen atoms in total. The van der Waals surface area contributed by atoms with Crippen LogP contribution in [-0.2, 0) is 10.0 Å². The highest BCUT2D eigenvalue weighted by Gasteiger charge is 2.25. The third-order valence-corrected chi connectivity index (χ3v) is 6.04. The second-order valence-electron chi connectivity index (χ2n) is 3.60. The van der Waals surface area contributed by atoms with E-state index in [4.69, 9.17) is 23.2 Å². The first-order chi connectivity index (χ1) is 7.80. The molecule has 7 heteroatoms. The summed E-state index contributed by atoms with van der Waals surface area (Å²) in [5.74, 6) is 0.241. The van der Waals surface area contributed by atoms with Crippen LogP contribution in [0, 0.1) is 0 Å². The summed E-state index contributed by atoms with van der Waals surface area (Å²) in [6.07, 6.45) is 0. The van der Waals surface area contributed by atoms with Gasteiger partial charge in [0.15, 0.2) is 0 Å². The van der Waals surface area contributed by atoms with E-state index in [0.717, 1.165) is 0 Å². The highest BCUT2D eigenvalue weighted by atomic mass is 79.9. The van der Waals surface area contributed by atoms with Crippen LogP contribution in [0.2, 0.25) is 5.02 Å². The first kappa shape index (κ1) is 15.2. The zero-order valence-electron chi connectivity index (χ0n) is 9.32. The Morgan fingerprint density at radius 3 is 2.53 bits per heavy atom. The van der Waals surface area contributed by atoms with Crippen LogP contribution in [-0.4, -0.2) is 31.7 Å². The highest BCUT2D eigenvalue weighted by Crippen LogP contribution is 2.27. The molecule has 0 saturated heterocycles. The molecule has 0 amide bonds. The molecule has 0 aliphatic rings. The van der Waals surface area contributed by atoms with Crippen LogP contribution in [0.5, 0.6) is 0 Å². The predicted molar refractivity (Wildman–Crippen MR) is 74.3 cm³/mol. The van der Waals surface area contributed by atoms with Crippen LogP contribution < -0.4 is 0 Å². The number of hydrogen-bond acceptors (Lipinski definition) is 2. The van der Waals surface area contributed by atoms with Crippen molar-refractivity contribution in [3.05, 3.63) is 27.7 Å². The number of nitrogens with zero attached hydrogens (tertiary/aromatic N) is 1. The minimum Gasteiger partial charge on any atom is -0.207 e. The molecule has 0 aromatic heterocycles. The fraction of sp³-hybridized carbons (Fsp3) is 0.400. The van der Waals surface area contributed by atoms with Crippen LogP contribution in [0.1, 0.15) is 6.92 Å². The lowest BCUT2D eigenvalue weighted by Crippen LogP contribution is -2.36. The van der Waals surface area contributed by atoms with Crippen molar-refractivity contribution < 1.29 is 8.42 Å². The zero-order chi connectivity index (χ0) is 13.2. The number of alkyl halides is 1. The molecule has 1 unspecified atom stereocenters. The Kier molecular flexibility index (Phi) is 5.28. The van der Waals surface area contributed by atoms with E-state index in [0.29, 0.717) is 9.50 Å². The molecule has 0 spiro atoms. The Labute approximate surface area is 120 Å². The molecule has 0 saturated carbocycles. The molecule has 1 rings (SSSR count). The second-order valence-corrected chi connectivity index (χ2v) is 7.17. The number of benzene rings is 1. The van der Waals surface area contributed by atoms with Gasteiger partial charge in [-0.25, -0.2) is 8.42 Å². The summed E-state index contributed by atoms with van der Waals surface area (Å²) in [6.45, 7) is 1.75. The molecule has 0 heterocycles. The van der Waals surface area contributed by atoms with E-state index in [9.17, 15) is 8.42 Å². The Balaban J connectivity index is 3.17. The summed E-state index contributed by atoms with van der Waals surface area (Å²) in [4.78, 5) is 0.188. The third-order valence-electron chi connectivity index (χ3n) is 2.41. The van der Waals surface area contributed by atoms with E-state index in [-0.39, 0.29) is 16.8 Å². The van der Waals surface area contributed by atoms with E-state index in [1.165, 1.54) is 29.6 Å². The summed E-state index contributed by atoms with van der Waals surface area (Å²) in [6, 6.07) is 4.23. The number of hydrogen-bond donors (Lipinski definition) is 0. The molecule has 0 aliphatic heterocycles. The maximum atomic E-state index is 12.2. The lowest BCUT2D eigenvalue weighted by atomic mass is 10.4. The van der Waals surface area contributed by atoms with Crippen molar-refractivity contribution in [2.24, 2.45) is 0 Å². The van der Waals surface area contributed by atoms with Gasteiger partial charge in [0.25, 0.3) is 0 Å². The zero-order valence-corrected chi connectivity index (χ0v) is 13.2. The van der Waals surface area contributed by atoms with Crippen molar-refractivity contribution in [1.82, 2.24) is 4.31 Å². The normalized spacial score (nSPS) is 14.0. The minimum absolute atomic E-state index is 0.188. The molecular weight excluding hydrogens is 349 g/mol. The Hall–Kier alpha value is 0.190. The molecule has 0 N–H and O–H groups in total. The van der Waals surface area contributed by atoms with Crippen molar-refractivity contribution in [1.29, 1.82) is 0 Å². The first-order valence-corrected chi connectivity index (χ1v) is 7.94. The van der Waals surface area contributed by atoms with Gasteiger partial charge in [-0.15, -0.1) is 11.6 Å². The van der Waals surface area contributed by atoms with Crippen molar-refractivity contribution in [3.8, 4) is 0 Å². The van der Waals surface area contributed by atoms with Crippen molar-refractivity contribution in [2.45, 2.75) is 17.9 Å². The summed E-state index contributed by atoms with van der Waals surface area (Å²) in [5.41, 5.74) is 0. The summed E-state index contributed by atoms with van der Waals surface area (Å²) in [7, 11) is -2.02. The van der Waals surface area contributed by atoms with Gasteiger partial charge in [0.1, 0.15) is 0 Å². The van der Waals surface area contributed by atoms with Gasteiger partial charge in [0.05, 0.1) is 9.92 Å². The summed E-state index contributed by atoms with van der Waals surface area (Å²) >= 11 is 14.7. The quantitative estimate of drug-likeness (QED) is 0.772. The third kappa shape index (κ3) is 3.35. The number of rotatable bonds is 4. The summed E-state index contributed by atoms with van der Waals surface area (Å²) in [5, 5.41) is 0.469. The van der Waals surface area contributed by atoms with Crippen LogP contribution >= 0.6 is 39.1 Å². The maximum Gasteiger partial charge on any atom is 0.243 e. The highest BCUT2D eigenvalue weighted by molar-refractivity contribution is 9.10. The van der Waals surface area contributed by atoms with Crippen LogP contribution in [0.15, 0.2) is 27.6 Å². The molecule has 0 fully saturated rings. The molecule has 17 heavy (non-hydrogen) atoms. The molecule has 0 bridgehead atoms. The smallest absolute Gasteiger partial charge is 0.207 e. The molecule has 96 valence electrons. The van der Waals surface area contributed by atoms with Gasteiger partial charge in [-0.1, -0.05) is 11.6 Å². The molecule has 0 radical (unpaired) electrons. The molecule has 1 atom stereocenters. The second kappa shape index (κ2) is 5.89. The van der Waals surface area contributed by atoms with Crippen molar-refractivity contribution >= 4 is 49.2 Å². The van der Waals surface area contributed by atoms with Crippen LogP contribution in [0.3, 0.4) is 0 Å². The Morgan fingerprint density at radius 2 is 2.06 bits per heavy atom. The van der Waals surface area contributed by atoms with Gasteiger partial charge in [0.2, 0.25) is 10.0 Å². The predicted octanol–water partition coefficient (Wildman–Crippen LogP) is 3.35. The number of sulfonamides is 1. The van der Waals surface area contributed by atoms with Gasteiger partial charge < -0.3 is 0 Å². The van der Waals surface area contributed by atoms with Gasteiger partial charge in [0, 0.05) is 23.4 Å². The average molecular weight is 361 g/mol. The fourth-order valence-electron chi connectivity index (χ4n) is 1.14. The van der Waals surface area contributed by atoms with Gasteiger partial charge in [-0.05, 0) is 41.1 Å². The van der Waals surface area contributed by atoms with E-state index in [1.807, 2.05) is 0 Å². The van der Waals surface area contributed by atoms with Gasteiger partial charge >= 0.3 is 0 Å². The van der Waals surface area contributed by atoms with Gasteiger partial charge in [-0.3, -0.25) is 0 Å². The van der Waals surface area contributed by atoms with Crippen molar-refractivity contribution in [2.75, 3.05) is 12.9 Å². The topological polar surface area (TPSA) is 37.4 Å². The monoisotopic (exact) mass is 359 g/mol. The maximum absolute atomic E-state index is 12.2. The molecular formula is C10H12BrCl2NO2S. The largest absolute Gasteiger partial charge is 0.243 e. The molecule has 1 aromatic carbocycles. The number of halogens is 3.